The number of aliphatic hydroxyl groups is 1. The lowest BCUT2D eigenvalue weighted by molar-refractivity contribution is 0.252. The Morgan fingerprint density at radius 2 is 2.06 bits per heavy atom. The molecule has 0 atom stereocenters. The first-order chi connectivity index (χ1) is 8.04. The minimum Gasteiger partial charge on any atom is -0.493 e. The Balaban J connectivity index is 2.63. The summed E-state index contributed by atoms with van der Waals surface area (Å²) in [6.45, 7) is 3.67. The van der Waals surface area contributed by atoms with Gasteiger partial charge in [0.2, 0.25) is 0 Å². The normalized spacial score (nSPS) is 10.9. The van der Waals surface area contributed by atoms with E-state index in [9.17, 15) is 5.11 Å². The number of hydrogen-bond donors (Lipinski definition) is 1. The van der Waals surface area contributed by atoms with Crippen molar-refractivity contribution in [2.45, 2.75) is 20.0 Å². The molecule has 1 aromatic carbocycles. The van der Waals surface area contributed by atoms with Gasteiger partial charge in [-0.3, -0.25) is 0 Å². The molecule has 1 rings (SSSR count). The van der Waals surface area contributed by atoms with Crippen molar-refractivity contribution < 1.29 is 9.84 Å². The molecule has 0 bridgehead atoms. The minimum atomic E-state index is 0.00327. The first-order valence-corrected chi connectivity index (χ1v) is 6.51. The zero-order chi connectivity index (χ0) is 12.8. The molecular formula is C13H20BrNO2. The van der Waals surface area contributed by atoms with Crippen LogP contribution in [-0.2, 0) is 6.61 Å². The Kier molecular flexibility index (Phi) is 5.95. The molecule has 0 aromatic heterocycles. The second-order valence-corrected chi connectivity index (χ2v) is 5.29. The molecule has 1 aromatic rings. The van der Waals surface area contributed by atoms with Crippen LogP contribution in [-0.4, -0.2) is 37.3 Å². The number of nitrogens with zero attached hydrogens (tertiary/aromatic N) is 1. The third kappa shape index (κ3) is 4.66. The van der Waals surface area contributed by atoms with Gasteiger partial charge in [0.25, 0.3) is 0 Å². The van der Waals surface area contributed by atoms with Crippen molar-refractivity contribution in [3.05, 3.63) is 27.7 Å². The molecule has 0 radical (unpaired) electrons. The monoisotopic (exact) mass is 301 g/mol. The quantitative estimate of drug-likeness (QED) is 0.820. The van der Waals surface area contributed by atoms with Crippen molar-refractivity contribution in [3.8, 4) is 5.75 Å². The van der Waals surface area contributed by atoms with Crippen LogP contribution in [0, 0.1) is 6.92 Å². The average Bonchev–Trinajstić information content (AvgIpc) is 2.25. The van der Waals surface area contributed by atoms with E-state index in [-0.39, 0.29) is 6.61 Å². The summed E-state index contributed by atoms with van der Waals surface area (Å²) in [6.07, 6.45) is 0.980. The Morgan fingerprint density at radius 1 is 1.35 bits per heavy atom. The van der Waals surface area contributed by atoms with Crippen LogP contribution >= 0.6 is 15.9 Å². The molecule has 0 amide bonds. The lowest BCUT2D eigenvalue weighted by Crippen LogP contribution is -2.16. The molecular weight excluding hydrogens is 282 g/mol. The molecule has 4 heteroatoms. The van der Waals surface area contributed by atoms with E-state index >= 15 is 0 Å². The second-order valence-electron chi connectivity index (χ2n) is 4.37. The van der Waals surface area contributed by atoms with Gasteiger partial charge in [0, 0.05) is 16.6 Å². The lowest BCUT2D eigenvalue weighted by atomic mass is 10.1. The molecule has 0 saturated carbocycles. The molecule has 0 spiro atoms. The number of aryl methyl sites for hydroxylation is 1. The third-order valence-electron chi connectivity index (χ3n) is 2.48. The van der Waals surface area contributed by atoms with Crippen molar-refractivity contribution in [1.82, 2.24) is 4.90 Å². The Bertz CT molecular complexity index is 367. The molecule has 0 aliphatic heterocycles. The van der Waals surface area contributed by atoms with Crippen LogP contribution in [0.1, 0.15) is 17.5 Å². The summed E-state index contributed by atoms with van der Waals surface area (Å²) >= 11 is 3.42. The van der Waals surface area contributed by atoms with Gasteiger partial charge in [-0.25, -0.2) is 0 Å². The van der Waals surface area contributed by atoms with Crippen LogP contribution in [0.3, 0.4) is 0 Å². The maximum atomic E-state index is 9.30. The van der Waals surface area contributed by atoms with Crippen molar-refractivity contribution in [3.63, 3.8) is 0 Å². The van der Waals surface area contributed by atoms with Gasteiger partial charge >= 0.3 is 0 Å². The van der Waals surface area contributed by atoms with Crippen molar-refractivity contribution in [2.75, 3.05) is 27.2 Å². The zero-order valence-electron chi connectivity index (χ0n) is 10.7. The SMILES string of the molecule is Cc1cc(Br)cc(CO)c1OCCCN(C)C. The molecule has 0 unspecified atom stereocenters. The van der Waals surface area contributed by atoms with E-state index in [1.165, 1.54) is 0 Å². The summed E-state index contributed by atoms with van der Waals surface area (Å²) < 4.78 is 6.73. The number of ether oxygens (including phenoxy) is 1. The summed E-state index contributed by atoms with van der Waals surface area (Å²) in [6, 6.07) is 3.90. The van der Waals surface area contributed by atoms with E-state index in [4.69, 9.17) is 4.74 Å². The highest BCUT2D eigenvalue weighted by molar-refractivity contribution is 9.10. The number of benzene rings is 1. The van der Waals surface area contributed by atoms with Gasteiger partial charge < -0.3 is 14.7 Å². The number of halogens is 1. The Hall–Kier alpha value is -0.580. The second kappa shape index (κ2) is 6.99. The van der Waals surface area contributed by atoms with Gasteiger partial charge in [0.1, 0.15) is 5.75 Å². The molecule has 96 valence electrons. The maximum absolute atomic E-state index is 9.30. The average molecular weight is 302 g/mol. The highest BCUT2D eigenvalue weighted by atomic mass is 79.9. The van der Waals surface area contributed by atoms with Gasteiger partial charge in [0.15, 0.2) is 0 Å². The standard InChI is InChI=1S/C13H20BrNO2/c1-10-7-12(14)8-11(9-16)13(10)17-6-4-5-15(2)3/h7-8,16H,4-6,9H2,1-3H3. The van der Waals surface area contributed by atoms with Gasteiger partial charge in [0.05, 0.1) is 13.2 Å². The molecule has 0 saturated heterocycles. The number of hydrogen-bond acceptors (Lipinski definition) is 3. The van der Waals surface area contributed by atoms with E-state index < -0.39 is 0 Å². The van der Waals surface area contributed by atoms with Crippen LogP contribution in [0.25, 0.3) is 0 Å². The van der Waals surface area contributed by atoms with Gasteiger partial charge in [-0.2, -0.15) is 0 Å². The zero-order valence-corrected chi connectivity index (χ0v) is 12.2. The summed E-state index contributed by atoms with van der Waals surface area (Å²) in [5.74, 6) is 0.814. The molecule has 0 aliphatic rings. The van der Waals surface area contributed by atoms with Crippen LogP contribution in [0.4, 0.5) is 0 Å². The van der Waals surface area contributed by atoms with Gasteiger partial charge in [-0.1, -0.05) is 15.9 Å². The van der Waals surface area contributed by atoms with E-state index in [1.807, 2.05) is 33.2 Å². The summed E-state index contributed by atoms with van der Waals surface area (Å²) in [5, 5.41) is 9.30. The highest BCUT2D eigenvalue weighted by Gasteiger charge is 2.08. The first kappa shape index (κ1) is 14.5. The fourth-order valence-corrected chi connectivity index (χ4v) is 2.30. The number of aliphatic hydroxyl groups excluding tert-OH is 1. The predicted molar refractivity (Wildman–Crippen MR) is 73.5 cm³/mol. The number of rotatable bonds is 6. The first-order valence-electron chi connectivity index (χ1n) is 5.72. The van der Waals surface area contributed by atoms with Gasteiger partial charge in [-0.05, 0) is 45.1 Å². The van der Waals surface area contributed by atoms with E-state index in [0.717, 1.165) is 34.3 Å². The molecule has 1 N–H and O–H groups in total. The Morgan fingerprint density at radius 3 is 2.65 bits per heavy atom. The topological polar surface area (TPSA) is 32.7 Å². The maximum Gasteiger partial charge on any atom is 0.127 e. The van der Waals surface area contributed by atoms with E-state index in [1.54, 1.807) is 0 Å². The Labute approximate surface area is 112 Å². The van der Waals surface area contributed by atoms with Crippen LogP contribution in [0.15, 0.2) is 16.6 Å². The fourth-order valence-electron chi connectivity index (χ4n) is 1.68. The molecule has 17 heavy (non-hydrogen) atoms. The van der Waals surface area contributed by atoms with Crippen LogP contribution in [0.2, 0.25) is 0 Å². The molecule has 0 aliphatic carbocycles. The highest BCUT2D eigenvalue weighted by Crippen LogP contribution is 2.28. The predicted octanol–water partition coefficient (Wildman–Crippen LogP) is 2.58. The van der Waals surface area contributed by atoms with Crippen molar-refractivity contribution in [2.24, 2.45) is 0 Å². The van der Waals surface area contributed by atoms with E-state index in [2.05, 4.69) is 20.8 Å². The third-order valence-corrected chi connectivity index (χ3v) is 2.94. The van der Waals surface area contributed by atoms with E-state index in [0.29, 0.717) is 6.61 Å². The molecule has 0 heterocycles. The van der Waals surface area contributed by atoms with Gasteiger partial charge in [-0.15, -0.1) is 0 Å². The van der Waals surface area contributed by atoms with Crippen LogP contribution in [0.5, 0.6) is 5.75 Å². The largest absolute Gasteiger partial charge is 0.493 e. The van der Waals surface area contributed by atoms with Crippen LogP contribution < -0.4 is 4.74 Å². The summed E-state index contributed by atoms with van der Waals surface area (Å²) in [4.78, 5) is 2.13. The molecule has 3 nitrogen and oxygen atoms in total. The molecule has 0 fully saturated rings. The van der Waals surface area contributed by atoms with Crippen molar-refractivity contribution >= 4 is 15.9 Å². The summed E-state index contributed by atoms with van der Waals surface area (Å²) in [7, 11) is 4.09. The van der Waals surface area contributed by atoms with Crippen molar-refractivity contribution in [1.29, 1.82) is 0 Å². The lowest BCUT2D eigenvalue weighted by Gasteiger charge is -2.15. The summed E-state index contributed by atoms with van der Waals surface area (Å²) in [5.41, 5.74) is 1.88. The smallest absolute Gasteiger partial charge is 0.127 e. The fraction of sp³-hybridized carbons (Fsp3) is 0.538. The minimum absolute atomic E-state index is 0.00327.